The normalized spacial score (nSPS) is 13.1. The van der Waals surface area contributed by atoms with E-state index in [2.05, 4.69) is 10.9 Å². The van der Waals surface area contributed by atoms with Crippen molar-refractivity contribution in [1.29, 1.82) is 0 Å². The number of hydrogen-bond acceptors (Lipinski definition) is 3. The summed E-state index contributed by atoms with van der Waals surface area (Å²) in [5.41, 5.74) is 0.963. The molecule has 0 aliphatic carbocycles. The van der Waals surface area contributed by atoms with Gasteiger partial charge >= 0.3 is 0 Å². The molecule has 0 unspecified atom stereocenters. The lowest BCUT2D eigenvalue weighted by Crippen LogP contribution is -1.92. The van der Waals surface area contributed by atoms with Crippen LogP contribution in [0.3, 0.4) is 0 Å². The summed E-state index contributed by atoms with van der Waals surface area (Å²) in [7, 11) is 0. The molecule has 14 heavy (non-hydrogen) atoms. The van der Waals surface area contributed by atoms with Crippen molar-refractivity contribution in [2.75, 3.05) is 13.3 Å². The lowest BCUT2D eigenvalue weighted by Gasteiger charge is -1.96. The molecule has 3 heteroatoms. The minimum atomic E-state index is 0.292. The van der Waals surface area contributed by atoms with Crippen molar-refractivity contribution in [3.05, 3.63) is 23.8 Å². The number of ether oxygens (including phenoxy) is 2. The summed E-state index contributed by atoms with van der Waals surface area (Å²) in [6.07, 6.45) is 6.80. The SMILES string of the molecule is C#CCN=Cc1ccc2c(c1)OCO2. The molecule has 0 aromatic heterocycles. The van der Waals surface area contributed by atoms with Crippen molar-refractivity contribution < 1.29 is 9.47 Å². The third-order valence-corrected chi connectivity index (χ3v) is 1.82. The molecule has 3 nitrogen and oxygen atoms in total. The zero-order valence-corrected chi connectivity index (χ0v) is 7.56. The molecule has 0 saturated heterocycles. The Morgan fingerprint density at radius 3 is 3.14 bits per heavy atom. The van der Waals surface area contributed by atoms with E-state index in [0.29, 0.717) is 13.3 Å². The van der Waals surface area contributed by atoms with E-state index in [9.17, 15) is 0 Å². The van der Waals surface area contributed by atoms with Crippen molar-refractivity contribution in [2.45, 2.75) is 0 Å². The Morgan fingerprint density at radius 2 is 2.29 bits per heavy atom. The average molecular weight is 187 g/mol. The summed E-state index contributed by atoms with van der Waals surface area (Å²) in [5.74, 6) is 3.97. The summed E-state index contributed by atoms with van der Waals surface area (Å²) < 4.78 is 10.4. The molecule has 1 aliphatic heterocycles. The van der Waals surface area contributed by atoms with E-state index in [1.165, 1.54) is 0 Å². The highest BCUT2D eigenvalue weighted by atomic mass is 16.7. The average Bonchev–Trinajstić information content (AvgIpc) is 2.65. The molecule has 0 bridgehead atoms. The molecule has 2 rings (SSSR count). The zero-order valence-electron chi connectivity index (χ0n) is 7.56. The van der Waals surface area contributed by atoms with Crippen LogP contribution in [0, 0.1) is 12.3 Å². The number of fused-ring (bicyclic) bond motifs is 1. The van der Waals surface area contributed by atoms with Crippen LogP contribution in [0.25, 0.3) is 0 Å². The Balaban J connectivity index is 2.17. The maximum atomic E-state index is 5.22. The van der Waals surface area contributed by atoms with Crippen molar-refractivity contribution in [1.82, 2.24) is 0 Å². The quantitative estimate of drug-likeness (QED) is 0.518. The van der Waals surface area contributed by atoms with Crippen LogP contribution >= 0.6 is 0 Å². The second kappa shape index (κ2) is 3.84. The van der Waals surface area contributed by atoms with Gasteiger partial charge in [-0.2, -0.15) is 0 Å². The topological polar surface area (TPSA) is 30.8 Å². The Morgan fingerprint density at radius 1 is 1.43 bits per heavy atom. The number of rotatable bonds is 2. The largest absolute Gasteiger partial charge is 0.454 e. The van der Waals surface area contributed by atoms with Gasteiger partial charge in [-0.05, 0) is 23.8 Å². The fraction of sp³-hybridized carbons (Fsp3) is 0.182. The van der Waals surface area contributed by atoms with Gasteiger partial charge in [-0.25, -0.2) is 0 Å². The molecule has 0 saturated carbocycles. The van der Waals surface area contributed by atoms with E-state index >= 15 is 0 Å². The first-order valence-electron chi connectivity index (χ1n) is 4.23. The Labute approximate surface area is 82.4 Å². The first-order valence-corrected chi connectivity index (χ1v) is 4.23. The molecule has 0 amide bonds. The lowest BCUT2D eigenvalue weighted by atomic mass is 10.2. The number of hydrogen-bond donors (Lipinski definition) is 0. The van der Waals surface area contributed by atoms with Gasteiger partial charge in [0.25, 0.3) is 0 Å². The molecular formula is C11H9NO2. The maximum Gasteiger partial charge on any atom is 0.231 e. The van der Waals surface area contributed by atoms with Crippen LogP contribution in [0.15, 0.2) is 23.2 Å². The number of nitrogens with zero attached hydrogens (tertiary/aromatic N) is 1. The second-order valence-electron chi connectivity index (χ2n) is 2.79. The van der Waals surface area contributed by atoms with Crippen molar-refractivity contribution in [2.24, 2.45) is 4.99 Å². The third-order valence-electron chi connectivity index (χ3n) is 1.82. The smallest absolute Gasteiger partial charge is 0.231 e. The van der Waals surface area contributed by atoms with Crippen LogP contribution in [-0.2, 0) is 0 Å². The first-order chi connectivity index (χ1) is 6.90. The van der Waals surface area contributed by atoms with Gasteiger partial charge in [0.2, 0.25) is 6.79 Å². The van der Waals surface area contributed by atoms with Gasteiger partial charge in [0.15, 0.2) is 11.5 Å². The van der Waals surface area contributed by atoms with Gasteiger partial charge in [0.05, 0.1) is 6.54 Å². The van der Waals surface area contributed by atoms with Crippen LogP contribution in [0.2, 0.25) is 0 Å². The molecule has 70 valence electrons. The van der Waals surface area contributed by atoms with Crippen molar-refractivity contribution in [3.8, 4) is 23.8 Å². The summed E-state index contributed by atoms with van der Waals surface area (Å²) in [6.45, 7) is 0.689. The van der Waals surface area contributed by atoms with Crippen LogP contribution < -0.4 is 9.47 Å². The van der Waals surface area contributed by atoms with Gasteiger partial charge in [-0.1, -0.05) is 5.92 Å². The van der Waals surface area contributed by atoms with Gasteiger partial charge in [0.1, 0.15) is 0 Å². The van der Waals surface area contributed by atoms with Crippen molar-refractivity contribution in [3.63, 3.8) is 0 Å². The third kappa shape index (κ3) is 1.69. The van der Waals surface area contributed by atoms with Gasteiger partial charge in [-0.3, -0.25) is 4.99 Å². The predicted molar refractivity (Wildman–Crippen MR) is 53.9 cm³/mol. The molecule has 1 aromatic carbocycles. The molecule has 0 fully saturated rings. The standard InChI is InChI=1S/C11H9NO2/c1-2-5-12-7-9-3-4-10-11(6-9)14-8-13-10/h1,3-4,6-7H,5,8H2. The van der Waals surface area contributed by atoms with Crippen LogP contribution in [-0.4, -0.2) is 19.6 Å². The summed E-state index contributed by atoms with van der Waals surface area (Å²) >= 11 is 0. The fourth-order valence-corrected chi connectivity index (χ4v) is 1.20. The van der Waals surface area contributed by atoms with E-state index in [1.807, 2.05) is 18.2 Å². The summed E-state index contributed by atoms with van der Waals surface area (Å²) in [4.78, 5) is 4.03. The molecule has 0 spiro atoms. The Bertz CT molecular complexity index is 404. The van der Waals surface area contributed by atoms with Gasteiger partial charge in [-0.15, -0.1) is 6.42 Å². The van der Waals surface area contributed by atoms with Crippen molar-refractivity contribution >= 4 is 6.21 Å². The number of aliphatic imine (C=N–C) groups is 1. The number of benzene rings is 1. The highest BCUT2D eigenvalue weighted by Crippen LogP contribution is 2.31. The molecule has 1 aromatic rings. The molecule has 0 radical (unpaired) electrons. The highest BCUT2D eigenvalue weighted by molar-refractivity contribution is 5.81. The van der Waals surface area contributed by atoms with E-state index in [4.69, 9.17) is 15.9 Å². The number of terminal acetylenes is 1. The Kier molecular flexibility index (Phi) is 2.37. The molecule has 1 heterocycles. The summed E-state index contributed by atoms with van der Waals surface area (Å²) in [6, 6.07) is 5.65. The van der Waals surface area contributed by atoms with E-state index in [0.717, 1.165) is 17.1 Å². The lowest BCUT2D eigenvalue weighted by molar-refractivity contribution is 0.174. The summed E-state index contributed by atoms with van der Waals surface area (Å²) in [5, 5.41) is 0. The monoisotopic (exact) mass is 187 g/mol. The van der Waals surface area contributed by atoms with Crippen LogP contribution in [0.1, 0.15) is 5.56 Å². The molecule has 0 N–H and O–H groups in total. The molecule has 0 atom stereocenters. The minimum Gasteiger partial charge on any atom is -0.454 e. The van der Waals surface area contributed by atoms with Crippen LogP contribution in [0.4, 0.5) is 0 Å². The molecular weight excluding hydrogens is 178 g/mol. The highest BCUT2D eigenvalue weighted by Gasteiger charge is 2.12. The fourth-order valence-electron chi connectivity index (χ4n) is 1.20. The Hall–Kier alpha value is -1.95. The molecule has 1 aliphatic rings. The predicted octanol–water partition coefficient (Wildman–Crippen LogP) is 1.47. The van der Waals surface area contributed by atoms with E-state index in [1.54, 1.807) is 6.21 Å². The zero-order chi connectivity index (χ0) is 9.80. The maximum absolute atomic E-state index is 5.22. The second-order valence-corrected chi connectivity index (χ2v) is 2.79. The minimum absolute atomic E-state index is 0.292. The van der Waals surface area contributed by atoms with E-state index < -0.39 is 0 Å². The van der Waals surface area contributed by atoms with Crippen LogP contribution in [0.5, 0.6) is 11.5 Å². The van der Waals surface area contributed by atoms with Gasteiger partial charge in [0, 0.05) is 6.21 Å². The van der Waals surface area contributed by atoms with Gasteiger partial charge < -0.3 is 9.47 Å². The van der Waals surface area contributed by atoms with E-state index in [-0.39, 0.29) is 0 Å². The first kappa shape index (κ1) is 8.64.